The second-order valence-electron chi connectivity index (χ2n) is 5.26. The van der Waals surface area contributed by atoms with Crippen molar-refractivity contribution in [3.8, 4) is 0 Å². The first-order valence-corrected chi connectivity index (χ1v) is 6.17. The van der Waals surface area contributed by atoms with Crippen molar-refractivity contribution in [1.82, 2.24) is 0 Å². The van der Waals surface area contributed by atoms with Crippen LogP contribution in [0.15, 0.2) is 24.3 Å². The van der Waals surface area contributed by atoms with Crippen molar-refractivity contribution in [2.75, 3.05) is 0 Å². The minimum absolute atomic E-state index is 0.138. The Kier molecular flexibility index (Phi) is 1.47. The fourth-order valence-electron chi connectivity index (χ4n) is 4.01. The van der Waals surface area contributed by atoms with Gasteiger partial charge in [0, 0.05) is 0 Å². The molecule has 1 aromatic carbocycles. The van der Waals surface area contributed by atoms with Crippen molar-refractivity contribution >= 4 is 0 Å². The van der Waals surface area contributed by atoms with E-state index in [0.29, 0.717) is 6.10 Å². The molecule has 2 heterocycles. The molecule has 0 radical (unpaired) electrons. The van der Waals surface area contributed by atoms with E-state index in [0.717, 1.165) is 5.92 Å². The van der Waals surface area contributed by atoms with Crippen molar-refractivity contribution in [1.29, 1.82) is 0 Å². The highest BCUT2D eigenvalue weighted by Gasteiger charge is 2.56. The van der Waals surface area contributed by atoms with E-state index in [1.807, 2.05) is 0 Å². The van der Waals surface area contributed by atoms with Gasteiger partial charge in [0.25, 0.3) is 0 Å². The van der Waals surface area contributed by atoms with Gasteiger partial charge >= 0.3 is 0 Å². The first kappa shape index (κ1) is 8.35. The van der Waals surface area contributed by atoms with Gasteiger partial charge in [0.05, 0.1) is 11.7 Å². The molecule has 0 amide bonds. The smallest absolute Gasteiger partial charge is 0.0972 e. The standard InChI is InChI=1S/C14H16O/c1-2-7-12-11(6-1)13-9-10-5-3-4-8-14(10,12)15-13/h1-2,6-7,10,13H,3-5,8-9H2. The molecule has 78 valence electrons. The van der Waals surface area contributed by atoms with Gasteiger partial charge in [-0.1, -0.05) is 37.1 Å². The van der Waals surface area contributed by atoms with Gasteiger partial charge in [-0.25, -0.2) is 0 Å². The van der Waals surface area contributed by atoms with Crippen molar-refractivity contribution in [2.24, 2.45) is 5.92 Å². The lowest BCUT2D eigenvalue weighted by atomic mass is 9.67. The molecule has 1 heteroatoms. The molecule has 1 aromatic rings. The third kappa shape index (κ3) is 0.884. The van der Waals surface area contributed by atoms with Crippen molar-refractivity contribution in [3.05, 3.63) is 35.4 Å². The molecule has 1 saturated carbocycles. The van der Waals surface area contributed by atoms with E-state index in [1.165, 1.54) is 43.2 Å². The normalized spacial score (nSPS) is 41.3. The summed E-state index contributed by atoms with van der Waals surface area (Å²) in [6.07, 6.45) is 7.08. The number of hydrogen-bond acceptors (Lipinski definition) is 1. The van der Waals surface area contributed by atoms with Crippen LogP contribution in [0.4, 0.5) is 0 Å². The summed E-state index contributed by atoms with van der Waals surface area (Å²) in [5.41, 5.74) is 3.14. The molecule has 1 nitrogen and oxygen atoms in total. The first-order valence-electron chi connectivity index (χ1n) is 6.17. The van der Waals surface area contributed by atoms with Gasteiger partial charge in [-0.05, 0) is 36.3 Å². The van der Waals surface area contributed by atoms with Gasteiger partial charge in [-0.15, -0.1) is 0 Å². The molecular weight excluding hydrogens is 184 g/mol. The molecule has 15 heavy (non-hydrogen) atoms. The Morgan fingerprint density at radius 3 is 3.13 bits per heavy atom. The number of rotatable bonds is 0. The van der Waals surface area contributed by atoms with Crippen LogP contribution in [0.2, 0.25) is 0 Å². The Balaban J connectivity index is 1.92. The molecule has 3 unspecified atom stereocenters. The van der Waals surface area contributed by atoms with E-state index < -0.39 is 0 Å². The highest BCUT2D eigenvalue weighted by molar-refractivity contribution is 5.42. The van der Waals surface area contributed by atoms with Crippen molar-refractivity contribution in [2.45, 2.75) is 43.8 Å². The minimum atomic E-state index is 0.138. The molecule has 0 N–H and O–H groups in total. The maximum atomic E-state index is 6.33. The fraction of sp³-hybridized carbons (Fsp3) is 0.571. The highest BCUT2D eigenvalue weighted by Crippen LogP contribution is 2.62. The molecule has 1 aliphatic carbocycles. The number of hydrogen-bond donors (Lipinski definition) is 0. The number of fused-ring (bicyclic) bond motifs is 3. The number of benzene rings is 1. The average Bonchev–Trinajstić information content (AvgIpc) is 2.82. The lowest BCUT2D eigenvalue weighted by molar-refractivity contribution is -0.0609. The summed E-state index contributed by atoms with van der Waals surface area (Å²) in [6.45, 7) is 0. The van der Waals surface area contributed by atoms with Crippen LogP contribution >= 0.6 is 0 Å². The highest BCUT2D eigenvalue weighted by atomic mass is 16.5. The first-order chi connectivity index (χ1) is 7.40. The van der Waals surface area contributed by atoms with E-state index in [4.69, 9.17) is 4.74 Å². The third-order valence-corrected chi connectivity index (χ3v) is 4.62. The summed E-state index contributed by atoms with van der Waals surface area (Å²) < 4.78 is 6.33. The van der Waals surface area contributed by atoms with Gasteiger partial charge in [0.2, 0.25) is 0 Å². The number of ether oxygens (including phenoxy) is 1. The lowest BCUT2D eigenvalue weighted by Gasteiger charge is -2.38. The van der Waals surface area contributed by atoms with Crippen molar-refractivity contribution < 1.29 is 4.74 Å². The summed E-state index contributed by atoms with van der Waals surface area (Å²) in [6, 6.07) is 8.88. The van der Waals surface area contributed by atoms with Gasteiger partial charge < -0.3 is 4.74 Å². The SMILES string of the molecule is c1ccc2c(c1)C1CC3CCCCC23O1. The van der Waals surface area contributed by atoms with Crippen LogP contribution in [-0.2, 0) is 10.3 Å². The van der Waals surface area contributed by atoms with E-state index >= 15 is 0 Å². The summed E-state index contributed by atoms with van der Waals surface area (Å²) >= 11 is 0. The zero-order valence-corrected chi connectivity index (χ0v) is 8.91. The van der Waals surface area contributed by atoms with Gasteiger partial charge in [-0.3, -0.25) is 0 Å². The Labute approximate surface area is 90.4 Å². The Morgan fingerprint density at radius 2 is 2.13 bits per heavy atom. The summed E-state index contributed by atoms with van der Waals surface area (Å²) in [5, 5.41) is 0. The van der Waals surface area contributed by atoms with E-state index in [2.05, 4.69) is 24.3 Å². The molecule has 3 atom stereocenters. The van der Waals surface area contributed by atoms with Crippen LogP contribution in [0.3, 0.4) is 0 Å². The molecule has 2 aliphatic heterocycles. The molecular formula is C14H16O. The lowest BCUT2D eigenvalue weighted by Crippen LogP contribution is -2.34. The maximum Gasteiger partial charge on any atom is 0.0972 e. The second kappa shape index (κ2) is 2.65. The molecule has 3 aliphatic rings. The predicted octanol–water partition coefficient (Wildman–Crippen LogP) is 3.55. The predicted molar refractivity (Wildman–Crippen MR) is 58.5 cm³/mol. The monoisotopic (exact) mass is 200 g/mol. The summed E-state index contributed by atoms with van der Waals surface area (Å²) in [5.74, 6) is 0.811. The van der Waals surface area contributed by atoms with E-state index in [-0.39, 0.29) is 5.60 Å². The molecule has 0 aromatic heterocycles. The third-order valence-electron chi connectivity index (χ3n) is 4.62. The minimum Gasteiger partial charge on any atom is -0.362 e. The summed E-state index contributed by atoms with van der Waals surface area (Å²) in [4.78, 5) is 0. The maximum absolute atomic E-state index is 6.33. The molecule has 1 saturated heterocycles. The van der Waals surface area contributed by atoms with Crippen LogP contribution in [-0.4, -0.2) is 0 Å². The van der Waals surface area contributed by atoms with E-state index in [9.17, 15) is 0 Å². The Hall–Kier alpha value is -0.820. The summed E-state index contributed by atoms with van der Waals surface area (Å²) in [7, 11) is 0. The second-order valence-corrected chi connectivity index (χ2v) is 5.26. The van der Waals surface area contributed by atoms with E-state index in [1.54, 1.807) is 0 Å². The average molecular weight is 200 g/mol. The van der Waals surface area contributed by atoms with Gasteiger partial charge in [0.15, 0.2) is 0 Å². The Morgan fingerprint density at radius 1 is 1.20 bits per heavy atom. The fourth-order valence-corrected chi connectivity index (χ4v) is 4.01. The molecule has 4 rings (SSSR count). The topological polar surface area (TPSA) is 9.23 Å². The van der Waals surface area contributed by atoms with Crippen LogP contribution in [0.1, 0.15) is 49.3 Å². The van der Waals surface area contributed by atoms with Gasteiger partial charge in [0.1, 0.15) is 0 Å². The molecule has 2 bridgehead atoms. The molecule has 1 spiro atoms. The zero-order valence-electron chi connectivity index (χ0n) is 8.91. The van der Waals surface area contributed by atoms with Crippen LogP contribution in [0, 0.1) is 5.92 Å². The zero-order chi connectivity index (χ0) is 9.88. The largest absolute Gasteiger partial charge is 0.362 e. The van der Waals surface area contributed by atoms with Crippen LogP contribution in [0.5, 0.6) is 0 Å². The van der Waals surface area contributed by atoms with Gasteiger partial charge in [-0.2, -0.15) is 0 Å². The van der Waals surface area contributed by atoms with Crippen molar-refractivity contribution in [3.63, 3.8) is 0 Å². The van der Waals surface area contributed by atoms with Crippen LogP contribution in [0.25, 0.3) is 0 Å². The Bertz CT molecular complexity index is 412. The quantitative estimate of drug-likeness (QED) is 0.622. The molecule has 2 fully saturated rings. The van der Waals surface area contributed by atoms with Crippen LogP contribution < -0.4 is 0 Å².